The van der Waals surface area contributed by atoms with Gasteiger partial charge in [0.15, 0.2) is 9.84 Å². The molecule has 0 aliphatic carbocycles. The lowest BCUT2D eigenvalue weighted by Crippen LogP contribution is -2.12. The van der Waals surface area contributed by atoms with E-state index in [9.17, 15) is 8.42 Å². The summed E-state index contributed by atoms with van der Waals surface area (Å²) in [6.07, 6.45) is 5.57. The van der Waals surface area contributed by atoms with Crippen LogP contribution in [0.15, 0.2) is 41.8 Å². The number of aryl methyl sites for hydroxylation is 1. The lowest BCUT2D eigenvalue weighted by Gasteiger charge is -2.09. The maximum absolute atomic E-state index is 12.2. The van der Waals surface area contributed by atoms with E-state index in [4.69, 9.17) is 17.3 Å². The number of nitrogen functional groups attached to an aromatic ring is 1. The van der Waals surface area contributed by atoms with Crippen LogP contribution in [-0.4, -0.2) is 23.7 Å². The maximum Gasteiger partial charge on any atom is 0.181 e. The third-order valence-electron chi connectivity index (χ3n) is 2.70. The molecule has 7 heteroatoms. The van der Waals surface area contributed by atoms with E-state index in [0.717, 1.165) is 0 Å². The summed E-state index contributed by atoms with van der Waals surface area (Å²) in [5.74, 6) is -0.000880. The predicted octanol–water partition coefficient (Wildman–Crippen LogP) is 1.98. The fraction of sp³-hybridized carbons (Fsp3) is 0.250. The quantitative estimate of drug-likeness (QED) is 0.856. The minimum absolute atomic E-state index is 0.000880. The molecule has 2 rings (SSSR count). The van der Waals surface area contributed by atoms with Crippen LogP contribution in [0, 0.1) is 0 Å². The molecule has 0 radical (unpaired) electrons. The molecule has 2 aromatic rings. The summed E-state index contributed by atoms with van der Waals surface area (Å²) in [5.41, 5.74) is 5.88. The van der Waals surface area contributed by atoms with Crippen molar-refractivity contribution in [1.82, 2.24) is 9.55 Å². The molecular weight excluding hydrogens is 286 g/mol. The highest BCUT2D eigenvalue weighted by molar-refractivity contribution is 7.91. The van der Waals surface area contributed by atoms with Crippen molar-refractivity contribution in [3.63, 3.8) is 0 Å². The molecule has 0 unspecified atom stereocenters. The molecule has 2 N–H and O–H groups in total. The number of hydrogen-bond acceptors (Lipinski definition) is 4. The van der Waals surface area contributed by atoms with Crippen LogP contribution in [0.3, 0.4) is 0 Å². The van der Waals surface area contributed by atoms with Crippen molar-refractivity contribution in [3.8, 4) is 0 Å². The molecule has 0 amide bonds. The summed E-state index contributed by atoms with van der Waals surface area (Å²) < 4.78 is 26.3. The number of aromatic nitrogens is 2. The van der Waals surface area contributed by atoms with Crippen molar-refractivity contribution in [3.05, 3.63) is 41.9 Å². The van der Waals surface area contributed by atoms with Crippen molar-refractivity contribution in [1.29, 1.82) is 0 Å². The molecule has 0 spiro atoms. The van der Waals surface area contributed by atoms with Crippen LogP contribution < -0.4 is 5.73 Å². The second kappa shape index (κ2) is 5.63. The average molecular weight is 300 g/mol. The first kappa shape index (κ1) is 13.9. The first-order chi connectivity index (χ1) is 9.00. The Morgan fingerprint density at radius 3 is 2.79 bits per heavy atom. The van der Waals surface area contributed by atoms with Crippen LogP contribution in [0.2, 0.25) is 5.02 Å². The third kappa shape index (κ3) is 3.27. The number of halogens is 1. The zero-order chi connectivity index (χ0) is 13.9. The van der Waals surface area contributed by atoms with Gasteiger partial charge in [0.25, 0.3) is 0 Å². The summed E-state index contributed by atoms with van der Waals surface area (Å²) in [5, 5.41) is 0.169. The first-order valence-corrected chi connectivity index (χ1v) is 7.76. The number of hydrogen-bond donors (Lipinski definition) is 1. The fourth-order valence-corrected chi connectivity index (χ4v) is 3.85. The number of nitrogens with two attached hydrogens (primary N) is 1. The van der Waals surface area contributed by atoms with Gasteiger partial charge in [0.2, 0.25) is 0 Å². The summed E-state index contributed by atoms with van der Waals surface area (Å²) in [6, 6.07) is 4.69. The number of sulfone groups is 1. The normalized spacial score (nSPS) is 11.6. The van der Waals surface area contributed by atoms with Gasteiger partial charge in [0.1, 0.15) is 4.90 Å². The Bertz CT molecular complexity index is 633. The molecule has 1 heterocycles. The van der Waals surface area contributed by atoms with E-state index in [1.807, 2.05) is 4.57 Å². The van der Waals surface area contributed by atoms with Crippen molar-refractivity contribution < 1.29 is 8.42 Å². The number of imidazole rings is 1. The van der Waals surface area contributed by atoms with Gasteiger partial charge in [0.05, 0.1) is 22.8 Å². The van der Waals surface area contributed by atoms with E-state index in [1.165, 1.54) is 12.1 Å². The van der Waals surface area contributed by atoms with Gasteiger partial charge in [-0.1, -0.05) is 17.7 Å². The third-order valence-corrected chi connectivity index (χ3v) is 5.03. The van der Waals surface area contributed by atoms with E-state index in [0.29, 0.717) is 13.0 Å². The smallest absolute Gasteiger partial charge is 0.181 e. The number of anilines is 1. The maximum atomic E-state index is 12.2. The van der Waals surface area contributed by atoms with E-state index in [1.54, 1.807) is 24.8 Å². The Labute approximate surface area is 116 Å². The topological polar surface area (TPSA) is 78.0 Å². The van der Waals surface area contributed by atoms with Gasteiger partial charge in [-0.3, -0.25) is 0 Å². The van der Waals surface area contributed by atoms with Gasteiger partial charge < -0.3 is 10.3 Å². The molecule has 5 nitrogen and oxygen atoms in total. The van der Waals surface area contributed by atoms with E-state index < -0.39 is 9.84 Å². The first-order valence-electron chi connectivity index (χ1n) is 5.73. The Balaban J connectivity index is 2.10. The molecule has 1 aromatic carbocycles. The average Bonchev–Trinajstić information content (AvgIpc) is 2.81. The standard InChI is InChI=1S/C12H14ClN3O2S/c13-10-3-1-4-11(14)12(10)19(17,18)8-2-6-16-7-5-15-9-16/h1,3-5,7,9H,2,6,8,14H2. The minimum Gasteiger partial charge on any atom is -0.398 e. The molecule has 0 fully saturated rings. The largest absolute Gasteiger partial charge is 0.398 e. The van der Waals surface area contributed by atoms with Crippen molar-refractivity contribution >= 4 is 27.1 Å². The number of benzene rings is 1. The molecule has 0 atom stereocenters. The number of nitrogens with zero attached hydrogens (tertiary/aromatic N) is 2. The lowest BCUT2D eigenvalue weighted by molar-refractivity contribution is 0.587. The van der Waals surface area contributed by atoms with E-state index in [-0.39, 0.29) is 21.4 Å². The van der Waals surface area contributed by atoms with Crippen LogP contribution in [0.1, 0.15) is 6.42 Å². The molecule has 0 bridgehead atoms. The van der Waals surface area contributed by atoms with Gasteiger partial charge >= 0.3 is 0 Å². The second-order valence-corrected chi connectivity index (χ2v) is 6.58. The van der Waals surface area contributed by atoms with Gasteiger partial charge in [-0.05, 0) is 18.6 Å². The van der Waals surface area contributed by atoms with Gasteiger partial charge in [-0.25, -0.2) is 13.4 Å². The van der Waals surface area contributed by atoms with Gasteiger partial charge in [-0.2, -0.15) is 0 Å². The van der Waals surface area contributed by atoms with Crippen molar-refractivity contribution in [2.24, 2.45) is 0 Å². The molecule has 1 aromatic heterocycles. The van der Waals surface area contributed by atoms with Crippen LogP contribution in [0.25, 0.3) is 0 Å². The highest BCUT2D eigenvalue weighted by Gasteiger charge is 2.20. The van der Waals surface area contributed by atoms with Gasteiger partial charge in [0, 0.05) is 18.9 Å². The summed E-state index contributed by atoms with van der Waals surface area (Å²) in [6.45, 7) is 0.587. The molecule has 0 aliphatic rings. The molecule has 0 aliphatic heterocycles. The van der Waals surface area contributed by atoms with Crippen molar-refractivity contribution in [2.45, 2.75) is 17.9 Å². The van der Waals surface area contributed by atoms with E-state index in [2.05, 4.69) is 4.98 Å². The Hall–Kier alpha value is -1.53. The second-order valence-electron chi connectivity index (χ2n) is 4.13. The zero-order valence-electron chi connectivity index (χ0n) is 10.2. The lowest BCUT2D eigenvalue weighted by atomic mass is 10.3. The zero-order valence-corrected chi connectivity index (χ0v) is 11.7. The molecular formula is C12H14ClN3O2S. The Morgan fingerprint density at radius 2 is 2.16 bits per heavy atom. The molecule has 102 valence electrons. The monoisotopic (exact) mass is 299 g/mol. The summed E-state index contributed by atoms with van der Waals surface area (Å²) in [7, 11) is -3.47. The molecule has 0 saturated carbocycles. The Morgan fingerprint density at radius 1 is 1.37 bits per heavy atom. The highest BCUT2D eigenvalue weighted by Crippen LogP contribution is 2.28. The van der Waals surface area contributed by atoms with Crippen molar-refractivity contribution in [2.75, 3.05) is 11.5 Å². The number of rotatable bonds is 5. The predicted molar refractivity (Wildman–Crippen MR) is 74.8 cm³/mol. The SMILES string of the molecule is Nc1cccc(Cl)c1S(=O)(=O)CCCn1ccnc1. The molecule has 19 heavy (non-hydrogen) atoms. The van der Waals surface area contributed by atoms with E-state index >= 15 is 0 Å². The van der Waals surface area contributed by atoms with Crippen LogP contribution in [0.4, 0.5) is 5.69 Å². The fourth-order valence-electron chi connectivity index (χ4n) is 1.81. The van der Waals surface area contributed by atoms with Crippen LogP contribution in [-0.2, 0) is 16.4 Å². The highest BCUT2D eigenvalue weighted by atomic mass is 35.5. The van der Waals surface area contributed by atoms with Crippen LogP contribution in [0.5, 0.6) is 0 Å². The summed E-state index contributed by atoms with van der Waals surface area (Å²) >= 11 is 5.92. The Kier molecular flexibility index (Phi) is 4.11. The summed E-state index contributed by atoms with van der Waals surface area (Å²) in [4.78, 5) is 3.93. The van der Waals surface area contributed by atoms with Gasteiger partial charge in [-0.15, -0.1) is 0 Å². The molecule has 0 saturated heterocycles. The van der Waals surface area contributed by atoms with Crippen LogP contribution >= 0.6 is 11.6 Å². The minimum atomic E-state index is -3.47.